The molecule has 0 spiro atoms. The van der Waals surface area contributed by atoms with Crippen LogP contribution in [0.4, 0.5) is 8.78 Å². The molecule has 17 heavy (non-hydrogen) atoms. The van der Waals surface area contributed by atoms with Crippen molar-refractivity contribution in [3.8, 4) is 5.75 Å². The fourth-order valence-electron chi connectivity index (χ4n) is 1.24. The highest BCUT2D eigenvalue weighted by molar-refractivity contribution is 14.1. The number of pyridine rings is 1. The number of carbonyl (C=O) groups is 1. The maximum absolute atomic E-state index is 12.9. The second-order valence-electron chi connectivity index (χ2n) is 2.93. The molecule has 0 aromatic carbocycles. The van der Waals surface area contributed by atoms with Crippen molar-refractivity contribution in [3.05, 3.63) is 21.0 Å². The van der Waals surface area contributed by atoms with Crippen molar-refractivity contribution in [1.29, 1.82) is 0 Å². The third kappa shape index (κ3) is 3.24. The fourth-order valence-corrected chi connectivity index (χ4v) is 1.76. The number of ether oxygens (including phenoxy) is 2. The summed E-state index contributed by atoms with van der Waals surface area (Å²) in [5.74, 6) is -0.943. The van der Waals surface area contributed by atoms with Gasteiger partial charge in [-0.25, -0.2) is 18.6 Å². The first kappa shape index (κ1) is 14.1. The van der Waals surface area contributed by atoms with Gasteiger partial charge in [0.1, 0.15) is 9.45 Å². The van der Waals surface area contributed by atoms with Gasteiger partial charge in [0.2, 0.25) is 0 Å². The lowest BCUT2D eigenvalue weighted by atomic mass is 10.2. The molecule has 1 aromatic heterocycles. The Morgan fingerprint density at radius 3 is 2.71 bits per heavy atom. The number of halogens is 3. The Bertz CT molecular complexity index is 426. The summed E-state index contributed by atoms with van der Waals surface area (Å²) in [6.07, 6.45) is -2.85. The van der Waals surface area contributed by atoms with Crippen molar-refractivity contribution in [2.24, 2.45) is 0 Å². The number of hydrogen-bond acceptors (Lipinski definition) is 4. The molecule has 0 fully saturated rings. The largest absolute Gasteiger partial charge is 0.496 e. The minimum Gasteiger partial charge on any atom is -0.496 e. The highest BCUT2D eigenvalue weighted by atomic mass is 127. The summed E-state index contributed by atoms with van der Waals surface area (Å²) in [5, 5.41) is 0. The van der Waals surface area contributed by atoms with E-state index in [9.17, 15) is 13.6 Å². The highest BCUT2D eigenvalue weighted by Crippen LogP contribution is 2.32. The lowest BCUT2D eigenvalue weighted by Gasteiger charge is -2.12. The van der Waals surface area contributed by atoms with Gasteiger partial charge in [-0.3, -0.25) is 0 Å². The molecule has 0 aliphatic carbocycles. The highest BCUT2D eigenvalue weighted by Gasteiger charge is 2.26. The van der Waals surface area contributed by atoms with Crippen molar-refractivity contribution >= 4 is 28.6 Å². The number of rotatable bonds is 4. The molecule has 0 saturated carbocycles. The fraction of sp³-hybridized carbons (Fsp3) is 0.400. The Kier molecular flexibility index (Phi) is 5.03. The van der Waals surface area contributed by atoms with Gasteiger partial charge in [-0.05, 0) is 29.5 Å². The number of alkyl halides is 2. The molecule has 1 aromatic rings. The van der Waals surface area contributed by atoms with Crippen LogP contribution in [0.15, 0.2) is 6.07 Å². The molecule has 0 bridgehead atoms. The van der Waals surface area contributed by atoms with E-state index in [1.807, 2.05) is 22.6 Å². The summed E-state index contributed by atoms with van der Waals surface area (Å²) in [4.78, 5) is 15.3. The summed E-state index contributed by atoms with van der Waals surface area (Å²) in [6, 6.07) is 1.34. The monoisotopic (exact) mass is 357 g/mol. The van der Waals surface area contributed by atoms with E-state index in [2.05, 4.69) is 9.72 Å². The van der Waals surface area contributed by atoms with Gasteiger partial charge in [-0.1, -0.05) is 0 Å². The topological polar surface area (TPSA) is 48.4 Å². The molecule has 0 aliphatic rings. The second-order valence-corrected chi connectivity index (χ2v) is 4.04. The predicted molar refractivity (Wildman–Crippen MR) is 64.4 cm³/mol. The van der Waals surface area contributed by atoms with Crippen LogP contribution in [0, 0.1) is 3.70 Å². The zero-order valence-electron chi connectivity index (χ0n) is 9.17. The number of hydrogen-bond donors (Lipinski definition) is 0. The first-order valence-corrected chi connectivity index (χ1v) is 5.78. The third-order valence-corrected chi connectivity index (χ3v) is 2.45. The molecular formula is C10H10F2INO3. The number of carbonyl (C=O) groups excluding carboxylic acids is 1. The SMILES string of the molecule is CCOC(=O)c1nc(I)cc(OC)c1C(F)F. The zero-order chi connectivity index (χ0) is 13.0. The molecule has 0 amide bonds. The van der Waals surface area contributed by atoms with Gasteiger partial charge < -0.3 is 9.47 Å². The molecule has 0 saturated heterocycles. The Labute approximate surface area is 110 Å². The molecule has 7 heteroatoms. The van der Waals surface area contributed by atoms with Gasteiger partial charge in [0.25, 0.3) is 6.43 Å². The Morgan fingerprint density at radius 1 is 1.59 bits per heavy atom. The van der Waals surface area contributed by atoms with Crippen molar-refractivity contribution in [2.45, 2.75) is 13.3 Å². The van der Waals surface area contributed by atoms with Gasteiger partial charge in [-0.15, -0.1) is 0 Å². The van der Waals surface area contributed by atoms with Crippen LogP contribution in [0.5, 0.6) is 5.75 Å². The summed E-state index contributed by atoms with van der Waals surface area (Å²) < 4.78 is 35.6. The van der Waals surface area contributed by atoms with E-state index in [4.69, 9.17) is 4.74 Å². The van der Waals surface area contributed by atoms with Crippen LogP contribution >= 0.6 is 22.6 Å². The van der Waals surface area contributed by atoms with Gasteiger partial charge in [0, 0.05) is 6.07 Å². The quantitative estimate of drug-likeness (QED) is 0.473. The minimum atomic E-state index is -2.85. The lowest BCUT2D eigenvalue weighted by Crippen LogP contribution is -2.13. The standard InChI is InChI=1S/C10H10F2INO3/c1-3-17-10(15)8-7(9(11)12)5(16-2)4-6(13)14-8/h4,9H,3H2,1-2H3. The molecular weight excluding hydrogens is 347 g/mol. The molecule has 0 aliphatic heterocycles. The van der Waals surface area contributed by atoms with Crippen LogP contribution < -0.4 is 4.74 Å². The van der Waals surface area contributed by atoms with E-state index < -0.39 is 23.7 Å². The average Bonchev–Trinajstić information content (AvgIpc) is 2.27. The maximum atomic E-state index is 12.9. The van der Waals surface area contributed by atoms with Crippen molar-refractivity contribution in [2.75, 3.05) is 13.7 Å². The number of aromatic nitrogens is 1. The van der Waals surface area contributed by atoms with Gasteiger partial charge in [0.15, 0.2) is 5.69 Å². The van der Waals surface area contributed by atoms with Gasteiger partial charge in [-0.2, -0.15) is 0 Å². The number of esters is 1. The lowest BCUT2D eigenvalue weighted by molar-refractivity contribution is 0.0505. The van der Waals surface area contributed by atoms with E-state index in [0.29, 0.717) is 3.70 Å². The Balaban J connectivity index is 3.35. The second kappa shape index (κ2) is 6.08. The van der Waals surface area contributed by atoms with Gasteiger partial charge >= 0.3 is 5.97 Å². The van der Waals surface area contributed by atoms with Crippen LogP contribution in [0.1, 0.15) is 29.4 Å². The van der Waals surface area contributed by atoms with E-state index >= 15 is 0 Å². The van der Waals surface area contributed by atoms with E-state index in [-0.39, 0.29) is 12.4 Å². The molecule has 0 N–H and O–H groups in total. The first-order valence-electron chi connectivity index (χ1n) is 4.71. The zero-order valence-corrected chi connectivity index (χ0v) is 11.3. The summed E-state index contributed by atoms with van der Waals surface area (Å²) >= 11 is 1.81. The van der Waals surface area contributed by atoms with Gasteiger partial charge in [0.05, 0.1) is 19.3 Å². The minimum absolute atomic E-state index is 0.0672. The normalized spacial score (nSPS) is 10.5. The predicted octanol–water partition coefficient (Wildman–Crippen LogP) is 2.81. The van der Waals surface area contributed by atoms with Crippen molar-refractivity contribution in [3.63, 3.8) is 0 Å². The Hall–Kier alpha value is -0.990. The molecule has 94 valence electrons. The third-order valence-electron chi connectivity index (χ3n) is 1.90. The smallest absolute Gasteiger partial charge is 0.357 e. The van der Waals surface area contributed by atoms with Crippen molar-refractivity contribution in [1.82, 2.24) is 4.98 Å². The maximum Gasteiger partial charge on any atom is 0.357 e. The van der Waals surface area contributed by atoms with Crippen LogP contribution in [0.3, 0.4) is 0 Å². The summed E-state index contributed by atoms with van der Waals surface area (Å²) in [6.45, 7) is 1.68. The molecule has 4 nitrogen and oxygen atoms in total. The van der Waals surface area contributed by atoms with Crippen LogP contribution in [0.2, 0.25) is 0 Å². The molecule has 1 rings (SSSR count). The van der Waals surface area contributed by atoms with Crippen LogP contribution in [0.25, 0.3) is 0 Å². The molecule has 1 heterocycles. The van der Waals surface area contributed by atoms with Crippen LogP contribution in [-0.2, 0) is 4.74 Å². The molecule has 0 atom stereocenters. The number of methoxy groups -OCH3 is 1. The van der Waals surface area contributed by atoms with Crippen LogP contribution in [-0.4, -0.2) is 24.7 Å². The summed E-state index contributed by atoms with van der Waals surface area (Å²) in [7, 11) is 1.26. The average molecular weight is 357 g/mol. The molecule has 0 radical (unpaired) electrons. The molecule has 0 unspecified atom stereocenters. The van der Waals surface area contributed by atoms with E-state index in [0.717, 1.165) is 0 Å². The first-order chi connectivity index (χ1) is 8.01. The Morgan fingerprint density at radius 2 is 2.24 bits per heavy atom. The van der Waals surface area contributed by atoms with E-state index in [1.165, 1.54) is 13.2 Å². The van der Waals surface area contributed by atoms with Crippen molar-refractivity contribution < 1.29 is 23.0 Å². The summed E-state index contributed by atoms with van der Waals surface area (Å²) in [5.41, 5.74) is -0.933. The number of nitrogens with zero attached hydrogens (tertiary/aromatic N) is 1. The van der Waals surface area contributed by atoms with E-state index in [1.54, 1.807) is 6.92 Å².